The van der Waals surface area contributed by atoms with Crippen molar-refractivity contribution >= 4 is 44.7 Å². The van der Waals surface area contributed by atoms with E-state index in [0.717, 1.165) is 29.7 Å². The van der Waals surface area contributed by atoms with Gasteiger partial charge in [0.25, 0.3) is 5.91 Å². The molecule has 33 heavy (non-hydrogen) atoms. The first kappa shape index (κ1) is 21.7. The van der Waals surface area contributed by atoms with Gasteiger partial charge in [-0.05, 0) is 74.5 Å². The molecule has 8 heteroatoms. The lowest BCUT2D eigenvalue weighted by Crippen LogP contribution is -2.57. The average molecular weight is 465 g/mol. The average Bonchev–Trinajstić information content (AvgIpc) is 3.25. The Kier molecular flexibility index (Phi) is 6.20. The van der Waals surface area contributed by atoms with E-state index in [-0.39, 0.29) is 18.0 Å². The van der Waals surface area contributed by atoms with Crippen molar-refractivity contribution in [2.24, 2.45) is 5.92 Å². The number of thiophene rings is 1. The summed E-state index contributed by atoms with van der Waals surface area (Å²) in [5, 5.41) is 9.95. The van der Waals surface area contributed by atoms with Crippen LogP contribution in [0.25, 0.3) is 10.1 Å². The van der Waals surface area contributed by atoms with Crippen LogP contribution in [0.5, 0.6) is 5.75 Å². The summed E-state index contributed by atoms with van der Waals surface area (Å²) in [7, 11) is 0. The molecule has 3 amide bonds. The molecule has 1 aromatic heterocycles. The van der Waals surface area contributed by atoms with Crippen LogP contribution >= 0.6 is 11.3 Å². The zero-order valence-corrected chi connectivity index (χ0v) is 19.4. The number of amides is 3. The molecule has 2 aromatic carbocycles. The SMILES string of the molecule is CCOc1ccccc1NC(=O)Nc1ccc2cc(C(=O)NC3CN4CCC3CC4)sc2c1. The predicted molar refractivity (Wildman–Crippen MR) is 132 cm³/mol. The quantitative estimate of drug-likeness (QED) is 0.491. The number of hydrogen-bond acceptors (Lipinski definition) is 5. The standard InChI is InChI=1S/C25H28N4O3S/c1-2-32-21-6-4-3-5-19(21)28-25(31)26-18-8-7-17-13-23(33-22(17)14-18)24(30)27-20-15-29-11-9-16(20)10-12-29/h3-8,13-14,16,20H,2,9-12,15H2,1H3,(H,27,30)(H2,26,28,31). The predicted octanol–water partition coefficient (Wildman–Crippen LogP) is 4.77. The Labute approximate surface area is 197 Å². The fourth-order valence-electron chi connectivity index (χ4n) is 4.72. The summed E-state index contributed by atoms with van der Waals surface area (Å²) in [5.41, 5.74) is 1.28. The summed E-state index contributed by atoms with van der Waals surface area (Å²) in [6, 6.07) is 14.8. The molecule has 3 N–H and O–H groups in total. The molecule has 4 heterocycles. The minimum atomic E-state index is -0.349. The van der Waals surface area contributed by atoms with Crippen LogP contribution in [0.1, 0.15) is 29.4 Å². The van der Waals surface area contributed by atoms with Crippen molar-refractivity contribution in [3.63, 3.8) is 0 Å². The monoisotopic (exact) mass is 464 g/mol. The summed E-state index contributed by atoms with van der Waals surface area (Å²) < 4.78 is 6.52. The molecular formula is C25H28N4O3S. The van der Waals surface area contributed by atoms with E-state index in [0.29, 0.717) is 34.5 Å². The van der Waals surface area contributed by atoms with Crippen molar-refractivity contribution in [2.45, 2.75) is 25.8 Å². The van der Waals surface area contributed by atoms with Gasteiger partial charge in [-0.2, -0.15) is 0 Å². The molecule has 0 spiro atoms. The van der Waals surface area contributed by atoms with Gasteiger partial charge in [0.05, 0.1) is 17.2 Å². The summed E-state index contributed by atoms with van der Waals surface area (Å²) in [5.74, 6) is 1.22. The number of carbonyl (C=O) groups is 2. The van der Waals surface area contributed by atoms with Gasteiger partial charge in [0.15, 0.2) is 0 Å². The molecule has 3 aromatic rings. The maximum absolute atomic E-state index is 12.9. The number of fused-ring (bicyclic) bond motifs is 4. The van der Waals surface area contributed by atoms with Gasteiger partial charge in [0.2, 0.25) is 0 Å². The number of ether oxygens (including phenoxy) is 1. The highest BCUT2D eigenvalue weighted by Crippen LogP contribution is 2.31. The van der Waals surface area contributed by atoms with Gasteiger partial charge in [-0.3, -0.25) is 4.79 Å². The van der Waals surface area contributed by atoms with Crippen LogP contribution in [0.15, 0.2) is 48.5 Å². The number of rotatable bonds is 6. The van der Waals surface area contributed by atoms with Crippen LogP contribution in [0.3, 0.4) is 0 Å². The van der Waals surface area contributed by atoms with Gasteiger partial charge in [0, 0.05) is 23.0 Å². The number of piperidine rings is 3. The lowest BCUT2D eigenvalue weighted by atomic mass is 9.84. The minimum absolute atomic E-state index is 0.00488. The van der Waals surface area contributed by atoms with E-state index in [4.69, 9.17) is 4.74 Å². The number of hydrogen-bond donors (Lipinski definition) is 3. The molecule has 0 aliphatic carbocycles. The molecule has 7 nitrogen and oxygen atoms in total. The zero-order valence-electron chi connectivity index (χ0n) is 18.6. The molecule has 3 saturated heterocycles. The van der Waals surface area contributed by atoms with Gasteiger partial charge >= 0.3 is 6.03 Å². The number of anilines is 2. The summed E-state index contributed by atoms with van der Waals surface area (Å²) in [6.07, 6.45) is 2.34. The number of benzene rings is 2. The Morgan fingerprint density at radius 1 is 1.09 bits per heavy atom. The number of urea groups is 1. The van der Waals surface area contributed by atoms with Crippen molar-refractivity contribution in [3.05, 3.63) is 53.4 Å². The molecule has 1 atom stereocenters. The maximum atomic E-state index is 12.9. The fraction of sp³-hybridized carbons (Fsp3) is 0.360. The third kappa shape index (κ3) is 4.82. The number of para-hydroxylation sites is 2. The smallest absolute Gasteiger partial charge is 0.323 e. The van der Waals surface area contributed by atoms with Crippen molar-refractivity contribution in [2.75, 3.05) is 36.9 Å². The Morgan fingerprint density at radius 2 is 1.91 bits per heavy atom. The minimum Gasteiger partial charge on any atom is -0.492 e. The highest BCUT2D eigenvalue weighted by Gasteiger charge is 2.35. The molecule has 172 valence electrons. The van der Waals surface area contributed by atoms with Crippen molar-refractivity contribution < 1.29 is 14.3 Å². The van der Waals surface area contributed by atoms with Crippen LogP contribution in [-0.2, 0) is 0 Å². The van der Waals surface area contributed by atoms with Gasteiger partial charge in [-0.15, -0.1) is 11.3 Å². The van der Waals surface area contributed by atoms with Gasteiger partial charge in [0.1, 0.15) is 5.75 Å². The summed E-state index contributed by atoms with van der Waals surface area (Å²) >= 11 is 1.45. The fourth-order valence-corrected chi connectivity index (χ4v) is 5.73. The van der Waals surface area contributed by atoms with E-state index < -0.39 is 0 Å². The van der Waals surface area contributed by atoms with E-state index in [1.165, 1.54) is 24.2 Å². The Morgan fingerprint density at radius 3 is 2.67 bits per heavy atom. The molecule has 0 saturated carbocycles. The van der Waals surface area contributed by atoms with E-state index in [9.17, 15) is 9.59 Å². The normalized spacial score (nSPS) is 21.5. The van der Waals surface area contributed by atoms with Crippen LogP contribution in [0.4, 0.5) is 16.2 Å². The first-order valence-corrected chi connectivity index (χ1v) is 12.3. The van der Waals surface area contributed by atoms with Crippen LogP contribution in [-0.4, -0.2) is 49.1 Å². The summed E-state index contributed by atoms with van der Waals surface area (Å²) in [6.45, 7) is 5.68. The summed E-state index contributed by atoms with van der Waals surface area (Å²) in [4.78, 5) is 28.6. The third-order valence-corrected chi connectivity index (χ3v) is 7.51. The largest absolute Gasteiger partial charge is 0.492 e. The highest BCUT2D eigenvalue weighted by molar-refractivity contribution is 7.20. The zero-order chi connectivity index (χ0) is 22.8. The number of nitrogens with zero attached hydrogens (tertiary/aromatic N) is 1. The number of carbonyl (C=O) groups excluding carboxylic acids is 2. The Bertz CT molecular complexity index is 1170. The highest BCUT2D eigenvalue weighted by atomic mass is 32.1. The molecule has 1 unspecified atom stereocenters. The van der Waals surface area contributed by atoms with Crippen LogP contribution in [0, 0.1) is 5.92 Å². The Hall–Kier alpha value is -3.10. The second-order valence-corrected chi connectivity index (χ2v) is 9.67. The van der Waals surface area contributed by atoms with Crippen molar-refractivity contribution in [1.29, 1.82) is 0 Å². The van der Waals surface area contributed by atoms with Crippen molar-refractivity contribution in [1.82, 2.24) is 10.2 Å². The molecule has 3 aliphatic rings. The topological polar surface area (TPSA) is 82.7 Å². The molecule has 0 radical (unpaired) electrons. The molecule has 3 aliphatic heterocycles. The lowest BCUT2D eigenvalue weighted by Gasteiger charge is -2.44. The van der Waals surface area contributed by atoms with Crippen molar-refractivity contribution in [3.8, 4) is 5.75 Å². The number of nitrogens with one attached hydrogen (secondary N) is 3. The van der Waals surface area contributed by atoms with Crippen LogP contribution in [0.2, 0.25) is 0 Å². The molecular weight excluding hydrogens is 436 g/mol. The Balaban J connectivity index is 1.24. The first-order chi connectivity index (χ1) is 16.1. The third-order valence-electron chi connectivity index (χ3n) is 6.41. The molecule has 3 fully saturated rings. The van der Waals surface area contributed by atoms with Gasteiger partial charge < -0.3 is 25.6 Å². The van der Waals surface area contributed by atoms with E-state index in [1.54, 1.807) is 6.07 Å². The van der Waals surface area contributed by atoms with E-state index in [2.05, 4.69) is 20.9 Å². The second-order valence-electron chi connectivity index (χ2n) is 8.59. The maximum Gasteiger partial charge on any atom is 0.323 e. The second kappa shape index (κ2) is 9.41. The first-order valence-electron chi connectivity index (χ1n) is 11.5. The van der Waals surface area contributed by atoms with E-state index >= 15 is 0 Å². The molecule has 6 rings (SSSR count). The lowest BCUT2D eigenvalue weighted by molar-refractivity contribution is 0.0622. The van der Waals surface area contributed by atoms with E-state index in [1.807, 2.05) is 49.4 Å². The van der Waals surface area contributed by atoms with Gasteiger partial charge in [-0.1, -0.05) is 18.2 Å². The molecule has 2 bridgehead atoms. The van der Waals surface area contributed by atoms with Crippen LogP contribution < -0.4 is 20.7 Å². The van der Waals surface area contributed by atoms with Gasteiger partial charge in [-0.25, -0.2) is 4.79 Å².